The van der Waals surface area contributed by atoms with Crippen molar-refractivity contribution in [3.05, 3.63) is 114 Å². The summed E-state index contributed by atoms with van der Waals surface area (Å²) >= 11 is 3.81. The Morgan fingerprint density at radius 2 is 1.42 bits per heavy atom. The van der Waals surface area contributed by atoms with E-state index in [2.05, 4.69) is 103 Å². The molecule has 1 N–H and O–H groups in total. The van der Waals surface area contributed by atoms with Crippen LogP contribution in [0.15, 0.2) is 103 Å². The van der Waals surface area contributed by atoms with Gasteiger partial charge in [-0.15, -0.1) is 22.7 Å². The second-order valence-corrected chi connectivity index (χ2v) is 11.7. The van der Waals surface area contributed by atoms with Crippen LogP contribution in [0.3, 0.4) is 0 Å². The van der Waals surface area contributed by atoms with Gasteiger partial charge in [0.1, 0.15) is 0 Å². The molecule has 0 fully saturated rings. The molecule has 3 aromatic heterocycles. The van der Waals surface area contributed by atoms with Crippen LogP contribution in [0.25, 0.3) is 58.4 Å². The average Bonchev–Trinajstić information content (AvgIpc) is 3.63. The maximum Gasteiger partial charge on any atom is 0.0453 e. The molecule has 1 aliphatic carbocycles. The monoisotopic (exact) mass is 499 g/mol. The molecule has 0 saturated heterocycles. The molecule has 3 heteroatoms. The fourth-order valence-electron chi connectivity index (χ4n) is 5.35. The van der Waals surface area contributed by atoms with E-state index in [4.69, 9.17) is 0 Å². The zero-order valence-electron chi connectivity index (χ0n) is 20.0. The first-order valence-corrected chi connectivity index (χ1v) is 14.0. The number of benzene rings is 4. The molecular weight excluding hydrogens is 475 g/mol. The predicted octanol–water partition coefficient (Wildman–Crippen LogP) is 10.6. The highest BCUT2D eigenvalue weighted by atomic mass is 32.1. The maximum atomic E-state index is 3.12. The van der Waals surface area contributed by atoms with E-state index in [9.17, 15) is 0 Å². The second-order valence-electron chi connectivity index (χ2n) is 9.50. The number of H-pyrrole nitrogens is 1. The molecule has 0 radical (unpaired) electrons. The van der Waals surface area contributed by atoms with Gasteiger partial charge in [0, 0.05) is 41.5 Å². The van der Waals surface area contributed by atoms with Crippen LogP contribution in [-0.4, -0.2) is 4.98 Å². The summed E-state index contributed by atoms with van der Waals surface area (Å²) in [6.45, 7) is 2.35. The largest absolute Gasteiger partial charge is 0.361 e. The molecule has 36 heavy (non-hydrogen) atoms. The number of aromatic amines is 1. The Bertz CT molecular complexity index is 1870. The van der Waals surface area contributed by atoms with Crippen LogP contribution in [0.1, 0.15) is 29.7 Å². The first-order chi connectivity index (χ1) is 17.7. The lowest BCUT2D eigenvalue weighted by Gasteiger charge is -2.14. The van der Waals surface area contributed by atoms with Crippen molar-refractivity contribution in [2.45, 2.75) is 19.3 Å². The van der Waals surface area contributed by atoms with Crippen LogP contribution in [0.2, 0.25) is 0 Å². The molecule has 4 aromatic carbocycles. The van der Waals surface area contributed by atoms with Gasteiger partial charge in [-0.05, 0) is 88.3 Å². The minimum absolute atomic E-state index is 0.609. The predicted molar refractivity (Wildman–Crippen MR) is 161 cm³/mol. The van der Waals surface area contributed by atoms with Crippen molar-refractivity contribution in [1.29, 1.82) is 0 Å². The molecule has 1 nitrogen and oxygen atoms in total. The Labute approximate surface area is 218 Å². The Kier molecular flexibility index (Phi) is 5.27. The quantitative estimate of drug-likeness (QED) is 0.231. The Morgan fingerprint density at radius 3 is 2.28 bits per heavy atom. The average molecular weight is 500 g/mol. The molecular formula is C33H25NS2. The molecule has 3 heterocycles. The molecule has 0 aliphatic heterocycles. The summed E-state index contributed by atoms with van der Waals surface area (Å²) in [4.78, 5) is 4.56. The first-order valence-electron chi connectivity index (χ1n) is 12.4. The van der Waals surface area contributed by atoms with E-state index in [-0.39, 0.29) is 0 Å². The van der Waals surface area contributed by atoms with E-state index in [1.807, 2.05) is 41.0 Å². The minimum Gasteiger partial charge on any atom is -0.361 e. The lowest BCUT2D eigenvalue weighted by molar-refractivity contribution is 0.783. The summed E-state index contributed by atoms with van der Waals surface area (Å²) < 4.78 is 4.14. The van der Waals surface area contributed by atoms with Crippen LogP contribution >= 0.6 is 22.7 Å². The van der Waals surface area contributed by atoms with E-state index in [0.717, 1.165) is 6.42 Å². The summed E-state index contributed by atoms with van der Waals surface area (Å²) in [6, 6.07) is 33.0. The molecule has 0 saturated carbocycles. The van der Waals surface area contributed by atoms with Gasteiger partial charge in [0.15, 0.2) is 0 Å². The van der Waals surface area contributed by atoms with Gasteiger partial charge in [-0.1, -0.05) is 61.5 Å². The van der Waals surface area contributed by atoms with Gasteiger partial charge in [-0.3, -0.25) is 0 Å². The highest BCUT2D eigenvalue weighted by Crippen LogP contribution is 2.43. The van der Waals surface area contributed by atoms with Crippen molar-refractivity contribution in [3.63, 3.8) is 0 Å². The van der Waals surface area contributed by atoms with Crippen molar-refractivity contribution in [2.75, 3.05) is 0 Å². The fraction of sp³-hybridized carbons (Fsp3) is 0.0909. The van der Waals surface area contributed by atoms with Crippen LogP contribution in [0, 0.1) is 0 Å². The molecule has 0 amide bonds. The van der Waals surface area contributed by atoms with Crippen LogP contribution in [0.5, 0.6) is 0 Å². The number of thiophene rings is 2. The molecule has 1 aliphatic rings. The van der Waals surface area contributed by atoms with E-state index in [1.54, 1.807) is 5.56 Å². The Hall–Kier alpha value is -3.66. The van der Waals surface area contributed by atoms with Gasteiger partial charge in [0.05, 0.1) is 0 Å². The van der Waals surface area contributed by atoms with Crippen LogP contribution in [0.4, 0.5) is 0 Å². The molecule has 1 unspecified atom stereocenters. The maximum absolute atomic E-state index is 3.12. The van der Waals surface area contributed by atoms with Crippen molar-refractivity contribution < 1.29 is 0 Å². The van der Waals surface area contributed by atoms with Gasteiger partial charge in [-0.2, -0.15) is 0 Å². The summed E-state index contributed by atoms with van der Waals surface area (Å²) in [5, 5.41) is 5.46. The lowest BCUT2D eigenvalue weighted by Crippen LogP contribution is -1.96. The normalized spacial score (nSPS) is 14.9. The van der Waals surface area contributed by atoms with E-state index in [0.29, 0.717) is 5.92 Å². The van der Waals surface area contributed by atoms with Crippen LogP contribution < -0.4 is 0 Å². The number of para-hydroxylation sites is 1. The molecule has 0 spiro atoms. The SMILES string of the molecule is CC1CC=Cc2sc3ccc(-c4ccc5sc6ccccc6c5c4)cc3c21.c1ccc2[nH]ccc2c1. The van der Waals surface area contributed by atoms with E-state index in [1.165, 1.54) is 57.2 Å². The summed E-state index contributed by atoms with van der Waals surface area (Å²) in [5.74, 6) is 0.609. The summed E-state index contributed by atoms with van der Waals surface area (Å²) in [7, 11) is 0. The summed E-state index contributed by atoms with van der Waals surface area (Å²) in [6.07, 6.45) is 7.72. The van der Waals surface area contributed by atoms with Crippen LogP contribution in [-0.2, 0) is 0 Å². The molecule has 7 aromatic rings. The minimum atomic E-state index is 0.609. The Morgan fingerprint density at radius 1 is 0.694 bits per heavy atom. The zero-order valence-corrected chi connectivity index (χ0v) is 21.6. The van der Waals surface area contributed by atoms with Gasteiger partial charge in [0.2, 0.25) is 0 Å². The molecule has 8 rings (SSSR count). The van der Waals surface area contributed by atoms with E-state index >= 15 is 0 Å². The lowest BCUT2D eigenvalue weighted by atomic mass is 9.90. The number of fused-ring (bicyclic) bond motifs is 7. The third-order valence-corrected chi connectivity index (χ3v) is 9.48. The second kappa shape index (κ2) is 8.77. The number of hydrogen-bond acceptors (Lipinski definition) is 2. The fourth-order valence-corrected chi connectivity index (χ4v) is 7.67. The van der Waals surface area contributed by atoms with E-state index < -0.39 is 0 Å². The highest BCUT2D eigenvalue weighted by Gasteiger charge is 2.19. The van der Waals surface area contributed by atoms with Crippen molar-refractivity contribution in [3.8, 4) is 11.1 Å². The van der Waals surface area contributed by atoms with Gasteiger partial charge < -0.3 is 4.98 Å². The molecule has 174 valence electrons. The molecule has 1 atom stereocenters. The highest BCUT2D eigenvalue weighted by molar-refractivity contribution is 7.25. The smallest absolute Gasteiger partial charge is 0.0453 e. The van der Waals surface area contributed by atoms with Crippen molar-refractivity contribution in [1.82, 2.24) is 4.98 Å². The standard InChI is InChI=1S/C25H18S2.C8H7N/c1-15-5-4-8-24-25(15)20-14-17(10-12-23(20)27-24)16-9-11-22-19(13-16)18-6-2-3-7-21(18)26-22;1-2-4-8-7(3-1)5-6-9-8/h2-4,6-15H,5H2,1H3;1-6,9H. The Balaban J connectivity index is 0.000000206. The van der Waals surface area contributed by atoms with Crippen molar-refractivity contribution in [2.24, 2.45) is 0 Å². The number of nitrogens with one attached hydrogen (secondary N) is 1. The number of aromatic nitrogens is 1. The first kappa shape index (κ1) is 21.6. The molecule has 0 bridgehead atoms. The number of hydrogen-bond donors (Lipinski definition) is 1. The topological polar surface area (TPSA) is 15.8 Å². The number of allylic oxidation sites excluding steroid dienone is 1. The van der Waals surface area contributed by atoms with Gasteiger partial charge >= 0.3 is 0 Å². The third kappa shape index (κ3) is 3.67. The van der Waals surface area contributed by atoms with Gasteiger partial charge in [-0.25, -0.2) is 0 Å². The summed E-state index contributed by atoms with van der Waals surface area (Å²) in [5.41, 5.74) is 5.38. The number of rotatable bonds is 1. The van der Waals surface area contributed by atoms with Gasteiger partial charge in [0.25, 0.3) is 0 Å². The third-order valence-electron chi connectivity index (χ3n) is 7.18. The zero-order chi connectivity index (χ0) is 24.1. The van der Waals surface area contributed by atoms with Crippen molar-refractivity contribution >= 4 is 69.9 Å².